The first kappa shape index (κ1) is 14.4. The van der Waals surface area contributed by atoms with Crippen molar-refractivity contribution < 1.29 is 0 Å². The zero-order valence-corrected chi connectivity index (χ0v) is 13.5. The molecule has 0 N–H and O–H groups in total. The molecule has 0 aliphatic heterocycles. The molecule has 0 radical (unpaired) electrons. The van der Waals surface area contributed by atoms with E-state index in [4.69, 9.17) is 23.2 Å². The van der Waals surface area contributed by atoms with Gasteiger partial charge in [-0.2, -0.15) is 0 Å². The smallest absolute Gasteiger partial charge is 0.128 e. The minimum Gasteiger partial charge on any atom is -0.322 e. The zero-order chi connectivity index (χ0) is 15.0. The Morgan fingerprint density at radius 1 is 1.19 bits per heavy atom. The van der Waals surface area contributed by atoms with Crippen molar-refractivity contribution in [2.75, 3.05) is 0 Å². The third-order valence-electron chi connectivity index (χ3n) is 3.58. The van der Waals surface area contributed by atoms with E-state index in [2.05, 4.69) is 34.7 Å². The highest BCUT2D eigenvalue weighted by Gasteiger charge is 2.16. The molecule has 1 aromatic heterocycles. The van der Waals surface area contributed by atoms with E-state index in [1.165, 1.54) is 5.56 Å². The van der Waals surface area contributed by atoms with E-state index in [1.807, 2.05) is 31.2 Å². The lowest BCUT2D eigenvalue weighted by atomic mass is 10.2. The van der Waals surface area contributed by atoms with Gasteiger partial charge in [-0.25, -0.2) is 4.98 Å². The van der Waals surface area contributed by atoms with Crippen LogP contribution in [0, 0.1) is 6.92 Å². The van der Waals surface area contributed by atoms with Crippen molar-refractivity contribution in [2.45, 2.75) is 25.8 Å². The Hall–Kier alpha value is -1.51. The van der Waals surface area contributed by atoms with E-state index in [1.54, 1.807) is 0 Å². The third-order valence-corrected chi connectivity index (χ3v) is 4.14. The lowest BCUT2D eigenvalue weighted by molar-refractivity contribution is 0.743. The van der Waals surface area contributed by atoms with Gasteiger partial charge in [-0.1, -0.05) is 35.9 Å². The summed E-state index contributed by atoms with van der Waals surface area (Å²) in [5.74, 6) is 0.872. The molecule has 108 valence electrons. The Morgan fingerprint density at radius 3 is 2.67 bits per heavy atom. The first-order valence-electron chi connectivity index (χ1n) is 6.90. The molecule has 0 bridgehead atoms. The predicted octanol–water partition coefficient (Wildman–Crippen LogP) is 5.35. The Morgan fingerprint density at radius 2 is 1.95 bits per heavy atom. The average molecular weight is 319 g/mol. The van der Waals surface area contributed by atoms with Gasteiger partial charge in [0.1, 0.15) is 5.82 Å². The molecule has 0 fully saturated rings. The highest BCUT2D eigenvalue weighted by atomic mass is 35.5. The molecule has 0 spiro atoms. The SMILES string of the molecule is Cc1ccc2c(c1)nc(C(C)Cl)n2Cc1ccccc1Cl. The number of benzene rings is 2. The summed E-state index contributed by atoms with van der Waals surface area (Å²) in [6.07, 6.45) is 0. The van der Waals surface area contributed by atoms with Gasteiger partial charge >= 0.3 is 0 Å². The summed E-state index contributed by atoms with van der Waals surface area (Å²) in [6, 6.07) is 14.1. The molecule has 2 nitrogen and oxygen atoms in total. The van der Waals surface area contributed by atoms with Crippen LogP contribution < -0.4 is 0 Å². The molecule has 1 atom stereocenters. The number of imidazole rings is 1. The number of hydrogen-bond acceptors (Lipinski definition) is 1. The molecule has 1 unspecified atom stereocenters. The van der Waals surface area contributed by atoms with Gasteiger partial charge in [0.2, 0.25) is 0 Å². The number of halogens is 2. The van der Waals surface area contributed by atoms with Gasteiger partial charge in [0.15, 0.2) is 0 Å². The van der Waals surface area contributed by atoms with Gasteiger partial charge in [0.05, 0.1) is 23.0 Å². The second kappa shape index (κ2) is 5.70. The van der Waals surface area contributed by atoms with Crippen LogP contribution in [0.15, 0.2) is 42.5 Å². The van der Waals surface area contributed by atoms with E-state index in [0.717, 1.165) is 27.4 Å². The fraction of sp³-hybridized carbons (Fsp3) is 0.235. The van der Waals surface area contributed by atoms with Crippen molar-refractivity contribution in [3.63, 3.8) is 0 Å². The Kier molecular flexibility index (Phi) is 3.92. The summed E-state index contributed by atoms with van der Waals surface area (Å²) in [4.78, 5) is 4.69. The fourth-order valence-electron chi connectivity index (χ4n) is 2.53. The molecule has 3 rings (SSSR count). The Balaban J connectivity index is 2.16. The normalized spacial score (nSPS) is 12.8. The zero-order valence-electron chi connectivity index (χ0n) is 12.0. The maximum atomic E-state index is 6.31. The number of nitrogens with zero attached hydrogens (tertiary/aromatic N) is 2. The van der Waals surface area contributed by atoms with E-state index >= 15 is 0 Å². The quantitative estimate of drug-likeness (QED) is 0.595. The maximum absolute atomic E-state index is 6.31. The second-order valence-electron chi connectivity index (χ2n) is 5.26. The number of fused-ring (bicyclic) bond motifs is 1. The molecule has 1 heterocycles. The first-order chi connectivity index (χ1) is 10.1. The molecule has 0 saturated carbocycles. The van der Waals surface area contributed by atoms with Crippen LogP contribution in [0.2, 0.25) is 5.02 Å². The highest BCUT2D eigenvalue weighted by molar-refractivity contribution is 6.31. The van der Waals surface area contributed by atoms with Crippen LogP contribution in [0.4, 0.5) is 0 Å². The number of hydrogen-bond donors (Lipinski definition) is 0. The topological polar surface area (TPSA) is 17.8 Å². The van der Waals surface area contributed by atoms with Crippen molar-refractivity contribution >= 4 is 34.2 Å². The van der Waals surface area contributed by atoms with Crippen LogP contribution in [0.1, 0.15) is 29.3 Å². The molecule has 0 aliphatic carbocycles. The summed E-state index contributed by atoms with van der Waals surface area (Å²) >= 11 is 12.6. The van der Waals surface area contributed by atoms with Crippen molar-refractivity contribution in [1.29, 1.82) is 0 Å². The lowest BCUT2D eigenvalue weighted by Gasteiger charge is -2.11. The molecule has 0 amide bonds. The standard InChI is InChI=1S/C17H16Cl2N2/c1-11-7-8-16-15(9-11)20-17(12(2)18)21(16)10-13-5-3-4-6-14(13)19/h3-9,12H,10H2,1-2H3. The van der Waals surface area contributed by atoms with Crippen LogP contribution in [0.3, 0.4) is 0 Å². The Labute approximate surface area is 134 Å². The minimum absolute atomic E-state index is 0.153. The maximum Gasteiger partial charge on any atom is 0.128 e. The summed E-state index contributed by atoms with van der Waals surface area (Å²) in [6.45, 7) is 4.68. The van der Waals surface area contributed by atoms with E-state index in [0.29, 0.717) is 6.54 Å². The second-order valence-corrected chi connectivity index (χ2v) is 6.32. The fourth-order valence-corrected chi connectivity index (χ4v) is 2.89. The minimum atomic E-state index is -0.153. The monoisotopic (exact) mass is 318 g/mol. The first-order valence-corrected chi connectivity index (χ1v) is 7.72. The number of aromatic nitrogens is 2. The van der Waals surface area contributed by atoms with Crippen molar-refractivity contribution in [3.8, 4) is 0 Å². The van der Waals surface area contributed by atoms with Gasteiger partial charge in [-0.15, -0.1) is 11.6 Å². The largest absolute Gasteiger partial charge is 0.322 e. The van der Waals surface area contributed by atoms with Gasteiger partial charge in [0, 0.05) is 5.02 Å². The van der Waals surface area contributed by atoms with E-state index in [-0.39, 0.29) is 5.38 Å². The summed E-state index contributed by atoms with van der Waals surface area (Å²) in [5.41, 5.74) is 4.32. The van der Waals surface area contributed by atoms with E-state index in [9.17, 15) is 0 Å². The van der Waals surface area contributed by atoms with Crippen LogP contribution in [0.25, 0.3) is 11.0 Å². The molecule has 0 saturated heterocycles. The lowest BCUT2D eigenvalue weighted by Crippen LogP contribution is -2.06. The van der Waals surface area contributed by atoms with Crippen LogP contribution in [0.5, 0.6) is 0 Å². The average Bonchev–Trinajstić information content (AvgIpc) is 2.79. The highest BCUT2D eigenvalue weighted by Crippen LogP contribution is 2.27. The van der Waals surface area contributed by atoms with Gasteiger partial charge in [-0.05, 0) is 43.2 Å². The van der Waals surface area contributed by atoms with Gasteiger partial charge in [0.25, 0.3) is 0 Å². The Bertz CT molecular complexity index is 791. The van der Waals surface area contributed by atoms with Crippen LogP contribution in [-0.4, -0.2) is 9.55 Å². The summed E-state index contributed by atoms with van der Waals surface area (Å²) in [5, 5.41) is 0.611. The van der Waals surface area contributed by atoms with E-state index < -0.39 is 0 Å². The predicted molar refractivity (Wildman–Crippen MR) is 89.3 cm³/mol. The molecule has 3 aromatic rings. The molecular weight excluding hydrogens is 303 g/mol. The molecular formula is C17H16Cl2N2. The van der Waals surface area contributed by atoms with Gasteiger partial charge < -0.3 is 4.57 Å². The van der Waals surface area contributed by atoms with Crippen molar-refractivity contribution in [3.05, 3.63) is 64.4 Å². The molecule has 21 heavy (non-hydrogen) atoms. The van der Waals surface area contributed by atoms with Crippen molar-refractivity contribution in [1.82, 2.24) is 9.55 Å². The van der Waals surface area contributed by atoms with Gasteiger partial charge in [-0.3, -0.25) is 0 Å². The molecule has 4 heteroatoms. The molecule has 2 aromatic carbocycles. The number of alkyl halides is 1. The van der Waals surface area contributed by atoms with Crippen LogP contribution >= 0.6 is 23.2 Å². The van der Waals surface area contributed by atoms with Crippen LogP contribution in [-0.2, 0) is 6.54 Å². The summed E-state index contributed by atoms with van der Waals surface area (Å²) < 4.78 is 2.15. The molecule has 0 aliphatic rings. The van der Waals surface area contributed by atoms with Crippen molar-refractivity contribution in [2.24, 2.45) is 0 Å². The number of rotatable bonds is 3. The number of aryl methyl sites for hydroxylation is 1. The summed E-state index contributed by atoms with van der Waals surface area (Å²) in [7, 11) is 0. The third kappa shape index (κ3) is 2.78.